The Labute approximate surface area is 160 Å². The predicted octanol–water partition coefficient (Wildman–Crippen LogP) is 1.71. The number of carbonyl (C=O) groups is 2. The molecular formula is C20H30N4O3. The smallest absolute Gasteiger partial charge is 0.225 e. The maximum atomic E-state index is 12.6. The van der Waals surface area contributed by atoms with Gasteiger partial charge >= 0.3 is 0 Å². The SMILES string of the molecule is Cc1cc(CNC(=O)[C@H]2CCCN(C3CCN(C(=O)C4CC4)CC3)C2)no1. The first kappa shape index (κ1) is 18.5. The molecule has 27 heavy (non-hydrogen) atoms. The van der Waals surface area contributed by atoms with Gasteiger partial charge in [-0.25, -0.2) is 0 Å². The van der Waals surface area contributed by atoms with E-state index in [-0.39, 0.29) is 11.8 Å². The molecule has 1 aromatic heterocycles. The summed E-state index contributed by atoms with van der Waals surface area (Å²) in [7, 11) is 0. The van der Waals surface area contributed by atoms with Crippen molar-refractivity contribution in [2.45, 2.75) is 58.0 Å². The topological polar surface area (TPSA) is 78.7 Å². The van der Waals surface area contributed by atoms with Crippen LogP contribution in [0.25, 0.3) is 0 Å². The molecule has 1 aromatic rings. The molecule has 2 amide bonds. The van der Waals surface area contributed by atoms with Gasteiger partial charge in [0.2, 0.25) is 11.8 Å². The van der Waals surface area contributed by atoms with Crippen molar-refractivity contribution in [1.29, 1.82) is 0 Å². The fourth-order valence-electron chi connectivity index (χ4n) is 4.42. The number of carbonyl (C=O) groups excluding carboxylic acids is 2. The molecule has 4 rings (SSSR count). The van der Waals surface area contributed by atoms with Gasteiger partial charge in [0, 0.05) is 37.7 Å². The van der Waals surface area contributed by atoms with Crippen LogP contribution in [0.4, 0.5) is 0 Å². The molecule has 1 N–H and O–H groups in total. The van der Waals surface area contributed by atoms with Crippen LogP contribution in [0.15, 0.2) is 10.6 Å². The lowest BCUT2D eigenvalue weighted by molar-refractivity contribution is -0.134. The van der Waals surface area contributed by atoms with Gasteiger partial charge in [-0.05, 0) is 52.0 Å². The molecule has 0 aromatic carbocycles. The lowest BCUT2D eigenvalue weighted by Crippen LogP contribution is -2.51. The third kappa shape index (κ3) is 4.51. The molecule has 3 heterocycles. The number of amides is 2. The fourth-order valence-corrected chi connectivity index (χ4v) is 4.42. The van der Waals surface area contributed by atoms with Crippen molar-refractivity contribution >= 4 is 11.8 Å². The average Bonchev–Trinajstić information content (AvgIpc) is 3.47. The largest absolute Gasteiger partial charge is 0.361 e. The molecule has 2 aliphatic heterocycles. The number of nitrogens with zero attached hydrogens (tertiary/aromatic N) is 3. The molecule has 0 unspecified atom stereocenters. The average molecular weight is 374 g/mol. The molecule has 0 spiro atoms. The molecule has 148 valence electrons. The van der Waals surface area contributed by atoms with E-state index in [0.717, 1.165) is 76.2 Å². The van der Waals surface area contributed by atoms with Gasteiger partial charge in [0.15, 0.2) is 0 Å². The van der Waals surface area contributed by atoms with E-state index in [4.69, 9.17) is 4.52 Å². The van der Waals surface area contributed by atoms with Crippen LogP contribution in [0, 0.1) is 18.8 Å². The zero-order chi connectivity index (χ0) is 18.8. The number of hydrogen-bond acceptors (Lipinski definition) is 5. The highest BCUT2D eigenvalue weighted by atomic mass is 16.5. The lowest BCUT2D eigenvalue weighted by Gasteiger charge is -2.42. The van der Waals surface area contributed by atoms with Crippen molar-refractivity contribution in [3.63, 3.8) is 0 Å². The molecule has 7 nitrogen and oxygen atoms in total. The summed E-state index contributed by atoms with van der Waals surface area (Å²) in [5.74, 6) is 1.60. The molecule has 1 saturated carbocycles. The Kier molecular flexibility index (Phi) is 5.48. The highest BCUT2D eigenvalue weighted by Crippen LogP contribution is 2.32. The Balaban J connectivity index is 1.24. The molecule has 7 heteroatoms. The van der Waals surface area contributed by atoms with E-state index in [1.165, 1.54) is 0 Å². The van der Waals surface area contributed by atoms with Crippen LogP contribution in [0.1, 0.15) is 50.0 Å². The maximum absolute atomic E-state index is 12.6. The summed E-state index contributed by atoms with van der Waals surface area (Å²) in [5, 5.41) is 6.93. The van der Waals surface area contributed by atoms with Crippen molar-refractivity contribution in [2.75, 3.05) is 26.2 Å². The van der Waals surface area contributed by atoms with Crippen molar-refractivity contribution in [2.24, 2.45) is 11.8 Å². The summed E-state index contributed by atoms with van der Waals surface area (Å²) in [5.41, 5.74) is 0.765. The van der Waals surface area contributed by atoms with Gasteiger partial charge in [-0.2, -0.15) is 0 Å². The van der Waals surface area contributed by atoms with Crippen molar-refractivity contribution in [1.82, 2.24) is 20.3 Å². The van der Waals surface area contributed by atoms with E-state index in [0.29, 0.717) is 24.4 Å². The molecule has 1 aliphatic carbocycles. The van der Waals surface area contributed by atoms with Gasteiger partial charge in [-0.3, -0.25) is 14.5 Å². The summed E-state index contributed by atoms with van der Waals surface area (Å²) >= 11 is 0. The predicted molar refractivity (Wildman–Crippen MR) is 99.7 cm³/mol. The van der Waals surface area contributed by atoms with Crippen LogP contribution >= 0.6 is 0 Å². The number of piperidine rings is 2. The van der Waals surface area contributed by atoms with E-state index >= 15 is 0 Å². The second-order valence-electron chi connectivity index (χ2n) is 8.31. The van der Waals surface area contributed by atoms with Crippen LogP contribution < -0.4 is 5.32 Å². The van der Waals surface area contributed by atoms with E-state index in [9.17, 15) is 9.59 Å². The highest BCUT2D eigenvalue weighted by molar-refractivity contribution is 5.81. The van der Waals surface area contributed by atoms with Crippen LogP contribution in [0.3, 0.4) is 0 Å². The normalized spacial score (nSPS) is 24.8. The fraction of sp³-hybridized carbons (Fsp3) is 0.750. The second-order valence-corrected chi connectivity index (χ2v) is 8.31. The second kappa shape index (κ2) is 8.00. The Morgan fingerprint density at radius 3 is 2.59 bits per heavy atom. The Hall–Kier alpha value is -1.89. The van der Waals surface area contributed by atoms with Crippen molar-refractivity contribution in [3.8, 4) is 0 Å². The third-order valence-corrected chi connectivity index (χ3v) is 6.16. The van der Waals surface area contributed by atoms with Crippen LogP contribution in [-0.4, -0.2) is 59.0 Å². The van der Waals surface area contributed by atoms with E-state index in [1.807, 2.05) is 13.0 Å². The maximum Gasteiger partial charge on any atom is 0.225 e. The summed E-state index contributed by atoms with van der Waals surface area (Å²) < 4.78 is 5.05. The molecular weight excluding hydrogens is 344 g/mol. The van der Waals surface area contributed by atoms with Gasteiger partial charge in [0.05, 0.1) is 12.5 Å². The number of aryl methyl sites for hydroxylation is 1. The monoisotopic (exact) mass is 374 g/mol. The summed E-state index contributed by atoms with van der Waals surface area (Å²) in [6.45, 7) is 5.91. The summed E-state index contributed by atoms with van der Waals surface area (Å²) in [6, 6.07) is 2.35. The molecule has 0 radical (unpaired) electrons. The van der Waals surface area contributed by atoms with Gasteiger partial charge in [0.25, 0.3) is 0 Å². The first-order valence-corrected chi connectivity index (χ1v) is 10.3. The minimum Gasteiger partial charge on any atom is -0.361 e. The number of nitrogens with one attached hydrogen (secondary N) is 1. The first-order chi connectivity index (χ1) is 13.1. The number of hydrogen-bond donors (Lipinski definition) is 1. The first-order valence-electron chi connectivity index (χ1n) is 10.3. The Morgan fingerprint density at radius 1 is 1.15 bits per heavy atom. The van der Waals surface area contributed by atoms with E-state index in [2.05, 4.69) is 20.3 Å². The standard InChI is InChI=1S/C20H30N4O3/c1-14-11-17(22-27-14)12-21-19(25)16-3-2-8-24(13-16)18-6-9-23(10-7-18)20(26)15-4-5-15/h11,15-16,18H,2-10,12-13H2,1H3,(H,21,25)/t16-/m0/s1. The highest BCUT2D eigenvalue weighted by Gasteiger charge is 2.37. The van der Waals surface area contributed by atoms with Crippen LogP contribution in [0.5, 0.6) is 0 Å². The number of rotatable bonds is 5. The van der Waals surface area contributed by atoms with Gasteiger partial charge in [-0.1, -0.05) is 5.16 Å². The zero-order valence-corrected chi connectivity index (χ0v) is 16.2. The molecule has 2 saturated heterocycles. The van der Waals surface area contributed by atoms with Crippen molar-refractivity contribution < 1.29 is 14.1 Å². The quantitative estimate of drug-likeness (QED) is 0.849. The molecule has 0 bridgehead atoms. The van der Waals surface area contributed by atoms with Gasteiger partial charge in [-0.15, -0.1) is 0 Å². The van der Waals surface area contributed by atoms with Crippen molar-refractivity contribution in [3.05, 3.63) is 17.5 Å². The van der Waals surface area contributed by atoms with Gasteiger partial charge in [0.1, 0.15) is 11.5 Å². The number of likely N-dealkylation sites (tertiary alicyclic amines) is 2. The third-order valence-electron chi connectivity index (χ3n) is 6.16. The lowest BCUT2D eigenvalue weighted by atomic mass is 9.93. The Morgan fingerprint density at radius 2 is 1.93 bits per heavy atom. The van der Waals surface area contributed by atoms with E-state index in [1.54, 1.807) is 0 Å². The molecule has 3 aliphatic rings. The zero-order valence-electron chi connectivity index (χ0n) is 16.2. The molecule has 1 atom stereocenters. The summed E-state index contributed by atoms with van der Waals surface area (Å²) in [6.07, 6.45) is 6.22. The molecule has 3 fully saturated rings. The van der Waals surface area contributed by atoms with Gasteiger partial charge < -0.3 is 14.7 Å². The minimum atomic E-state index is 0.0397. The number of aromatic nitrogens is 1. The van der Waals surface area contributed by atoms with Crippen LogP contribution in [0.2, 0.25) is 0 Å². The minimum absolute atomic E-state index is 0.0397. The van der Waals surface area contributed by atoms with E-state index < -0.39 is 0 Å². The summed E-state index contributed by atoms with van der Waals surface area (Å²) in [4.78, 5) is 29.3. The van der Waals surface area contributed by atoms with Crippen LogP contribution in [-0.2, 0) is 16.1 Å². The Bertz CT molecular complexity index is 677.